The number of carbonyl (C=O) groups excluding carboxylic acids is 2. The van der Waals surface area contributed by atoms with E-state index in [1.54, 1.807) is 30.3 Å². The Morgan fingerprint density at radius 1 is 1.04 bits per heavy atom. The second kappa shape index (κ2) is 13.3. The van der Waals surface area contributed by atoms with Crippen LogP contribution in [0.4, 0.5) is 5.13 Å². The lowest BCUT2D eigenvalue weighted by Crippen LogP contribution is -2.29. The zero-order valence-corrected chi connectivity index (χ0v) is 26.8. The molecule has 232 valence electrons. The van der Waals surface area contributed by atoms with Crippen LogP contribution in [0.3, 0.4) is 0 Å². The monoisotopic (exact) mass is 643 g/mol. The normalized spacial score (nSPS) is 18.6. The van der Waals surface area contributed by atoms with Gasteiger partial charge in [-0.1, -0.05) is 66.4 Å². The molecule has 3 heterocycles. The lowest BCUT2D eigenvalue weighted by Gasteiger charge is -2.23. The third-order valence-corrected chi connectivity index (χ3v) is 9.59. The molecule has 0 spiro atoms. The molecule has 1 fully saturated rings. The molecule has 1 aromatic heterocycles. The molecular weight excluding hydrogens is 611 g/mol. The highest BCUT2D eigenvalue weighted by atomic mass is 32.2. The first kappa shape index (κ1) is 30.7. The minimum atomic E-state index is -0.979. The molecule has 0 unspecified atom stereocenters. The van der Waals surface area contributed by atoms with Gasteiger partial charge < -0.3 is 19.3 Å². The number of ketones is 1. The average Bonchev–Trinajstić information content (AvgIpc) is 3.74. The van der Waals surface area contributed by atoms with Gasteiger partial charge in [0.05, 0.1) is 24.8 Å². The Labute approximate surface area is 269 Å². The topological polar surface area (TPSA) is 111 Å². The Hall–Kier alpha value is -4.35. The molecule has 9 nitrogen and oxygen atoms in total. The highest BCUT2D eigenvalue weighted by molar-refractivity contribution is 8.00. The van der Waals surface area contributed by atoms with E-state index in [1.165, 1.54) is 28.0 Å². The third kappa shape index (κ3) is 6.27. The Kier molecular flexibility index (Phi) is 9.09. The molecule has 0 aliphatic carbocycles. The van der Waals surface area contributed by atoms with Crippen molar-refractivity contribution < 1.29 is 28.9 Å². The summed E-state index contributed by atoms with van der Waals surface area (Å²) in [7, 11) is 0. The van der Waals surface area contributed by atoms with Crippen molar-refractivity contribution in [3.05, 3.63) is 94.6 Å². The van der Waals surface area contributed by atoms with E-state index in [0.717, 1.165) is 23.3 Å². The summed E-state index contributed by atoms with van der Waals surface area (Å²) in [6.07, 6.45) is 1.51. The number of carbonyl (C=O) groups is 2. The molecule has 0 saturated carbocycles. The van der Waals surface area contributed by atoms with Crippen LogP contribution in [0, 0.1) is 0 Å². The van der Waals surface area contributed by atoms with E-state index in [9.17, 15) is 14.7 Å². The van der Waals surface area contributed by atoms with E-state index < -0.39 is 17.7 Å². The molecular formula is C34H33N3O6S2. The van der Waals surface area contributed by atoms with Crippen LogP contribution in [0.5, 0.6) is 17.2 Å². The number of nitrogens with zero attached hydrogens (tertiary/aromatic N) is 3. The van der Waals surface area contributed by atoms with Crippen LogP contribution in [0.2, 0.25) is 0 Å². The SMILES string of the molecule is CCCOc1ccc([C@H]2C(=C(O)c3ccc4c(c3)C[C@@H](C)O4)C(=O)C(=O)N2c2nnc(SCc3ccccc3)s2)cc1OCC. The number of hydrogen-bond acceptors (Lipinski definition) is 10. The van der Waals surface area contributed by atoms with E-state index in [4.69, 9.17) is 14.2 Å². The summed E-state index contributed by atoms with van der Waals surface area (Å²) in [6.45, 7) is 6.76. The maximum Gasteiger partial charge on any atom is 0.301 e. The summed E-state index contributed by atoms with van der Waals surface area (Å²) in [5, 5.41) is 20.6. The number of amides is 1. The van der Waals surface area contributed by atoms with Crippen LogP contribution in [0.15, 0.2) is 76.6 Å². The van der Waals surface area contributed by atoms with Crippen LogP contribution >= 0.6 is 23.1 Å². The van der Waals surface area contributed by atoms with Gasteiger partial charge in [0.1, 0.15) is 17.6 Å². The largest absolute Gasteiger partial charge is 0.507 e. The fourth-order valence-electron chi connectivity index (χ4n) is 5.44. The Bertz CT molecular complexity index is 1760. The van der Waals surface area contributed by atoms with Crippen molar-refractivity contribution in [2.75, 3.05) is 18.1 Å². The van der Waals surface area contributed by atoms with Crippen LogP contribution < -0.4 is 19.1 Å². The second-order valence-corrected chi connectivity index (χ2v) is 12.9. The van der Waals surface area contributed by atoms with E-state index in [0.29, 0.717) is 52.4 Å². The average molecular weight is 644 g/mol. The number of thioether (sulfide) groups is 1. The minimum Gasteiger partial charge on any atom is -0.507 e. The Balaban J connectivity index is 1.43. The van der Waals surface area contributed by atoms with Crippen LogP contribution in [-0.2, 0) is 21.8 Å². The lowest BCUT2D eigenvalue weighted by atomic mass is 9.94. The van der Waals surface area contributed by atoms with E-state index in [2.05, 4.69) is 10.2 Å². The van der Waals surface area contributed by atoms with Gasteiger partial charge in [-0.15, -0.1) is 10.2 Å². The quantitative estimate of drug-likeness (QED) is 0.0609. The van der Waals surface area contributed by atoms with Crippen molar-refractivity contribution in [3.8, 4) is 17.2 Å². The fraction of sp³-hybridized carbons (Fsp3) is 0.294. The number of ether oxygens (including phenoxy) is 3. The van der Waals surface area contributed by atoms with Gasteiger partial charge in [-0.25, -0.2) is 0 Å². The standard InChI is InChI=1S/C34H33N3O6S2/c1-4-15-42-26-14-11-22(18-27(26)41-5-2)29-28(30(38)23-12-13-25-24(17-23)16-20(3)43-25)31(39)32(40)37(29)33-35-36-34(45-33)44-19-21-9-7-6-8-10-21/h6-14,17-18,20,29,38H,4-5,15-16,19H2,1-3H3/t20-,29+/m1/s1. The van der Waals surface area contributed by atoms with Crippen molar-refractivity contribution >= 4 is 45.7 Å². The summed E-state index contributed by atoms with van der Waals surface area (Å²) >= 11 is 2.72. The summed E-state index contributed by atoms with van der Waals surface area (Å²) in [5.41, 5.74) is 3.01. The molecule has 0 radical (unpaired) electrons. The number of aliphatic hydroxyl groups is 1. The van der Waals surface area contributed by atoms with Gasteiger partial charge in [0.15, 0.2) is 15.8 Å². The molecule has 45 heavy (non-hydrogen) atoms. The maximum atomic E-state index is 13.8. The van der Waals surface area contributed by atoms with E-state index in [1.807, 2.05) is 57.2 Å². The zero-order valence-electron chi connectivity index (χ0n) is 25.2. The summed E-state index contributed by atoms with van der Waals surface area (Å²) in [6, 6.07) is 19.6. The van der Waals surface area contributed by atoms with Gasteiger partial charge in [-0.05, 0) is 67.3 Å². The number of benzene rings is 3. The highest BCUT2D eigenvalue weighted by Gasteiger charge is 2.48. The van der Waals surface area contributed by atoms with Crippen molar-refractivity contribution in [1.29, 1.82) is 0 Å². The summed E-state index contributed by atoms with van der Waals surface area (Å²) < 4.78 is 18.3. The molecule has 6 rings (SSSR count). The number of hydrogen-bond donors (Lipinski definition) is 1. The number of rotatable bonds is 11. The van der Waals surface area contributed by atoms with E-state index >= 15 is 0 Å². The zero-order chi connectivity index (χ0) is 31.5. The van der Waals surface area contributed by atoms with Crippen molar-refractivity contribution in [2.45, 2.75) is 55.9 Å². The number of aromatic nitrogens is 2. The van der Waals surface area contributed by atoms with Gasteiger partial charge in [-0.2, -0.15) is 0 Å². The molecule has 2 aliphatic heterocycles. The fourth-order valence-corrected chi connectivity index (χ4v) is 7.27. The molecule has 1 saturated heterocycles. The van der Waals surface area contributed by atoms with Crippen LogP contribution in [0.1, 0.15) is 55.5 Å². The van der Waals surface area contributed by atoms with Gasteiger partial charge in [-0.3, -0.25) is 14.5 Å². The van der Waals surface area contributed by atoms with Crippen LogP contribution in [-0.4, -0.2) is 46.3 Å². The first-order valence-corrected chi connectivity index (χ1v) is 16.7. The summed E-state index contributed by atoms with van der Waals surface area (Å²) in [5.74, 6) is 0.595. The molecule has 0 bridgehead atoms. The molecule has 1 amide bonds. The van der Waals surface area contributed by atoms with Crippen molar-refractivity contribution in [2.24, 2.45) is 0 Å². The first-order chi connectivity index (χ1) is 21.9. The molecule has 4 aromatic rings. The minimum absolute atomic E-state index is 0.0137. The smallest absolute Gasteiger partial charge is 0.301 e. The highest BCUT2D eigenvalue weighted by Crippen LogP contribution is 2.46. The molecule has 1 N–H and O–H groups in total. The second-order valence-electron chi connectivity index (χ2n) is 10.7. The summed E-state index contributed by atoms with van der Waals surface area (Å²) in [4.78, 5) is 28.9. The molecule has 2 aliphatic rings. The van der Waals surface area contributed by atoms with Gasteiger partial charge in [0.2, 0.25) is 5.13 Å². The molecule has 2 atom stereocenters. The van der Waals surface area contributed by atoms with Gasteiger partial charge in [0.25, 0.3) is 5.78 Å². The number of aliphatic hydroxyl groups excluding tert-OH is 1. The van der Waals surface area contributed by atoms with Gasteiger partial charge >= 0.3 is 5.91 Å². The van der Waals surface area contributed by atoms with Crippen molar-refractivity contribution in [1.82, 2.24) is 10.2 Å². The third-order valence-electron chi connectivity index (χ3n) is 7.47. The Morgan fingerprint density at radius 3 is 2.64 bits per heavy atom. The predicted molar refractivity (Wildman–Crippen MR) is 174 cm³/mol. The van der Waals surface area contributed by atoms with Crippen LogP contribution in [0.25, 0.3) is 5.76 Å². The van der Waals surface area contributed by atoms with Gasteiger partial charge in [0, 0.05) is 17.7 Å². The van der Waals surface area contributed by atoms with E-state index in [-0.39, 0.29) is 22.6 Å². The maximum absolute atomic E-state index is 13.8. The number of Topliss-reactive ketones (excluding diaryl/α,β-unsaturated/α-hetero) is 1. The molecule has 3 aromatic carbocycles. The number of anilines is 1. The lowest BCUT2D eigenvalue weighted by molar-refractivity contribution is -0.132. The number of fused-ring (bicyclic) bond motifs is 1. The Morgan fingerprint density at radius 2 is 1.87 bits per heavy atom. The first-order valence-electron chi connectivity index (χ1n) is 14.9. The predicted octanol–water partition coefficient (Wildman–Crippen LogP) is 6.97. The van der Waals surface area contributed by atoms with Crippen molar-refractivity contribution in [3.63, 3.8) is 0 Å². The molecule has 11 heteroatoms.